The maximum absolute atomic E-state index is 12.5. The van der Waals surface area contributed by atoms with E-state index in [-0.39, 0.29) is 5.91 Å². The maximum atomic E-state index is 12.5. The Morgan fingerprint density at radius 3 is 2.50 bits per heavy atom. The van der Waals surface area contributed by atoms with Crippen molar-refractivity contribution in [2.75, 3.05) is 50.1 Å². The summed E-state index contributed by atoms with van der Waals surface area (Å²) < 4.78 is 0.640. The number of thiophene rings is 1. The SMILES string of the molecule is Cc1cc(N(C)C)nc(N2CCN(C(=O)c3ccc(Cl)s3)CC2)n1. The summed E-state index contributed by atoms with van der Waals surface area (Å²) in [5.41, 5.74) is 0.940. The van der Waals surface area contributed by atoms with Crippen molar-refractivity contribution in [3.63, 3.8) is 0 Å². The van der Waals surface area contributed by atoms with Crippen molar-refractivity contribution in [2.24, 2.45) is 0 Å². The molecule has 0 spiro atoms. The molecule has 0 atom stereocenters. The Morgan fingerprint density at radius 1 is 1.21 bits per heavy atom. The number of rotatable bonds is 3. The lowest BCUT2D eigenvalue weighted by Crippen LogP contribution is -2.49. The fraction of sp³-hybridized carbons (Fsp3) is 0.438. The van der Waals surface area contributed by atoms with E-state index < -0.39 is 0 Å². The minimum atomic E-state index is 0.0469. The highest BCUT2D eigenvalue weighted by Gasteiger charge is 2.24. The molecule has 6 nitrogen and oxygen atoms in total. The Labute approximate surface area is 150 Å². The normalized spacial score (nSPS) is 14.8. The second kappa shape index (κ2) is 6.94. The number of nitrogens with zero attached hydrogens (tertiary/aromatic N) is 5. The van der Waals surface area contributed by atoms with Crippen molar-refractivity contribution in [2.45, 2.75) is 6.92 Å². The highest BCUT2D eigenvalue weighted by molar-refractivity contribution is 7.17. The van der Waals surface area contributed by atoms with Crippen molar-refractivity contribution in [3.05, 3.63) is 33.1 Å². The zero-order valence-electron chi connectivity index (χ0n) is 14.0. The molecule has 3 heterocycles. The first-order valence-corrected chi connectivity index (χ1v) is 8.96. The van der Waals surface area contributed by atoms with E-state index in [0.717, 1.165) is 30.5 Å². The predicted octanol–water partition coefficient (Wildman–Crippen LogP) is 2.53. The van der Waals surface area contributed by atoms with Crippen molar-refractivity contribution in [1.29, 1.82) is 0 Å². The number of amides is 1. The molecule has 0 bridgehead atoms. The molecular weight excluding hydrogens is 346 g/mol. The van der Waals surface area contributed by atoms with E-state index >= 15 is 0 Å². The van der Waals surface area contributed by atoms with Crippen LogP contribution in [-0.2, 0) is 0 Å². The van der Waals surface area contributed by atoms with Gasteiger partial charge in [-0.1, -0.05) is 11.6 Å². The van der Waals surface area contributed by atoms with Crippen LogP contribution in [0.1, 0.15) is 15.4 Å². The predicted molar refractivity (Wildman–Crippen MR) is 98.5 cm³/mol. The van der Waals surface area contributed by atoms with Gasteiger partial charge in [-0.05, 0) is 19.1 Å². The summed E-state index contributed by atoms with van der Waals surface area (Å²) >= 11 is 7.24. The first-order valence-electron chi connectivity index (χ1n) is 7.76. The van der Waals surface area contributed by atoms with Crippen LogP contribution in [0.15, 0.2) is 18.2 Å². The minimum absolute atomic E-state index is 0.0469. The van der Waals surface area contributed by atoms with Crippen molar-refractivity contribution >= 4 is 40.6 Å². The van der Waals surface area contributed by atoms with Crippen LogP contribution in [0.2, 0.25) is 4.34 Å². The average Bonchev–Trinajstić information content (AvgIpc) is 3.00. The van der Waals surface area contributed by atoms with Gasteiger partial charge in [-0.2, -0.15) is 4.98 Å². The summed E-state index contributed by atoms with van der Waals surface area (Å²) in [6.45, 7) is 4.73. The third-order valence-electron chi connectivity index (χ3n) is 3.92. The lowest BCUT2D eigenvalue weighted by Gasteiger charge is -2.34. The molecule has 0 unspecified atom stereocenters. The summed E-state index contributed by atoms with van der Waals surface area (Å²) in [6.07, 6.45) is 0. The van der Waals surface area contributed by atoms with E-state index in [4.69, 9.17) is 11.6 Å². The number of hydrogen-bond donors (Lipinski definition) is 0. The van der Waals surface area contributed by atoms with E-state index in [1.807, 2.05) is 36.9 Å². The lowest BCUT2D eigenvalue weighted by atomic mass is 10.3. The van der Waals surface area contributed by atoms with Gasteiger partial charge in [0.15, 0.2) is 0 Å². The highest BCUT2D eigenvalue weighted by atomic mass is 35.5. The fourth-order valence-electron chi connectivity index (χ4n) is 2.60. The molecule has 1 saturated heterocycles. The Hall–Kier alpha value is -1.86. The van der Waals surface area contributed by atoms with Gasteiger partial charge in [0.2, 0.25) is 5.95 Å². The molecule has 128 valence electrons. The van der Waals surface area contributed by atoms with Crippen molar-refractivity contribution in [3.8, 4) is 0 Å². The highest BCUT2D eigenvalue weighted by Crippen LogP contribution is 2.24. The van der Waals surface area contributed by atoms with E-state index in [9.17, 15) is 4.79 Å². The Balaban J connectivity index is 1.68. The number of carbonyl (C=O) groups excluding carboxylic acids is 1. The van der Waals surface area contributed by atoms with Crippen LogP contribution in [0, 0.1) is 6.92 Å². The summed E-state index contributed by atoms with van der Waals surface area (Å²) in [5.74, 6) is 1.67. The Bertz CT molecular complexity index is 740. The third kappa shape index (κ3) is 3.62. The summed E-state index contributed by atoms with van der Waals surface area (Å²) in [7, 11) is 3.93. The molecular formula is C16H20ClN5OS. The van der Waals surface area contributed by atoms with Crippen LogP contribution in [0.25, 0.3) is 0 Å². The monoisotopic (exact) mass is 365 g/mol. The number of hydrogen-bond acceptors (Lipinski definition) is 6. The molecule has 2 aromatic rings. The van der Waals surface area contributed by atoms with E-state index in [2.05, 4.69) is 14.9 Å². The van der Waals surface area contributed by atoms with Gasteiger partial charge in [0.25, 0.3) is 5.91 Å². The van der Waals surface area contributed by atoms with Crippen LogP contribution >= 0.6 is 22.9 Å². The van der Waals surface area contributed by atoms with Crippen LogP contribution in [0.4, 0.5) is 11.8 Å². The fourth-order valence-corrected chi connectivity index (χ4v) is 3.61. The van der Waals surface area contributed by atoms with E-state index in [0.29, 0.717) is 22.3 Å². The van der Waals surface area contributed by atoms with E-state index in [1.165, 1.54) is 11.3 Å². The molecule has 0 N–H and O–H groups in total. The zero-order valence-corrected chi connectivity index (χ0v) is 15.6. The number of aromatic nitrogens is 2. The Kier molecular flexibility index (Phi) is 4.91. The van der Waals surface area contributed by atoms with Gasteiger partial charge in [0.1, 0.15) is 5.82 Å². The molecule has 1 fully saturated rings. The minimum Gasteiger partial charge on any atom is -0.363 e. The molecule has 0 saturated carbocycles. The lowest BCUT2D eigenvalue weighted by molar-refractivity contribution is 0.0751. The second-order valence-electron chi connectivity index (χ2n) is 5.94. The third-order valence-corrected chi connectivity index (χ3v) is 5.14. The maximum Gasteiger partial charge on any atom is 0.264 e. The summed E-state index contributed by atoms with van der Waals surface area (Å²) in [6, 6.07) is 5.51. The van der Waals surface area contributed by atoms with Gasteiger partial charge < -0.3 is 14.7 Å². The molecule has 8 heteroatoms. The van der Waals surface area contributed by atoms with Crippen LogP contribution in [-0.4, -0.2) is 61.0 Å². The summed E-state index contributed by atoms with van der Waals surface area (Å²) in [5, 5.41) is 0. The van der Waals surface area contributed by atoms with Gasteiger partial charge in [-0.25, -0.2) is 4.98 Å². The topological polar surface area (TPSA) is 52.6 Å². The Morgan fingerprint density at radius 2 is 1.92 bits per heavy atom. The van der Waals surface area contributed by atoms with Gasteiger partial charge >= 0.3 is 0 Å². The molecule has 1 aliphatic heterocycles. The van der Waals surface area contributed by atoms with Crippen LogP contribution in [0.5, 0.6) is 0 Å². The van der Waals surface area contributed by atoms with Crippen molar-refractivity contribution in [1.82, 2.24) is 14.9 Å². The summed E-state index contributed by atoms with van der Waals surface area (Å²) in [4.78, 5) is 28.3. The first kappa shape index (κ1) is 17.0. The first-order chi connectivity index (χ1) is 11.4. The number of piperazine rings is 1. The van der Waals surface area contributed by atoms with Gasteiger partial charge in [-0.15, -0.1) is 11.3 Å². The molecule has 1 amide bonds. The molecule has 2 aromatic heterocycles. The number of halogens is 1. The second-order valence-corrected chi connectivity index (χ2v) is 7.66. The molecule has 0 aliphatic carbocycles. The molecule has 0 aromatic carbocycles. The number of aryl methyl sites for hydroxylation is 1. The molecule has 3 rings (SSSR count). The van der Waals surface area contributed by atoms with Crippen LogP contribution < -0.4 is 9.80 Å². The average molecular weight is 366 g/mol. The van der Waals surface area contributed by atoms with Gasteiger partial charge in [-0.3, -0.25) is 4.79 Å². The van der Waals surface area contributed by atoms with Crippen LogP contribution in [0.3, 0.4) is 0 Å². The molecule has 1 aliphatic rings. The van der Waals surface area contributed by atoms with E-state index in [1.54, 1.807) is 12.1 Å². The number of anilines is 2. The molecule has 0 radical (unpaired) electrons. The van der Waals surface area contributed by atoms with Gasteiger partial charge in [0.05, 0.1) is 9.21 Å². The smallest absolute Gasteiger partial charge is 0.264 e. The number of carbonyl (C=O) groups is 1. The van der Waals surface area contributed by atoms with Crippen molar-refractivity contribution < 1.29 is 4.79 Å². The standard InChI is InChI=1S/C16H20ClN5OS/c1-11-10-14(20(2)3)19-16(18-11)22-8-6-21(7-9-22)15(23)12-4-5-13(17)24-12/h4-5,10H,6-9H2,1-3H3. The quantitative estimate of drug-likeness (QED) is 0.836. The molecule has 24 heavy (non-hydrogen) atoms. The van der Waals surface area contributed by atoms with Gasteiger partial charge in [0, 0.05) is 52.0 Å². The zero-order chi connectivity index (χ0) is 17.3. The largest absolute Gasteiger partial charge is 0.363 e.